The van der Waals surface area contributed by atoms with Gasteiger partial charge in [0.15, 0.2) is 10.9 Å². The quantitative estimate of drug-likeness (QED) is 0.412. The highest BCUT2D eigenvalue weighted by Gasteiger charge is 2.13. The molecule has 0 aliphatic rings. The number of aliphatic hydroxyl groups is 1. The predicted molar refractivity (Wildman–Crippen MR) is 116 cm³/mol. The van der Waals surface area contributed by atoms with Crippen LogP contribution in [0.15, 0.2) is 60.0 Å². The fourth-order valence-corrected chi connectivity index (χ4v) is 3.80. The van der Waals surface area contributed by atoms with Gasteiger partial charge in [-0.1, -0.05) is 30.8 Å². The Balaban J connectivity index is 1.55. The highest BCUT2D eigenvalue weighted by atomic mass is 32.2. The highest BCUT2D eigenvalue weighted by molar-refractivity contribution is 7.99. The summed E-state index contributed by atoms with van der Waals surface area (Å²) in [6.45, 7) is 6.21. The standard InChI is InChI=1S/C23H26N2O3S/c1-4-22(27)18-8-10-20(11-9-18)28-14-19(26)15-29-23-24-12-13-25(23)21-7-5-6-16(2)17(21)3/h5-13,19,26H,4,14-15H2,1-3H3. The van der Waals surface area contributed by atoms with Crippen molar-refractivity contribution >= 4 is 17.5 Å². The van der Waals surface area contributed by atoms with Crippen LogP contribution in [0.3, 0.4) is 0 Å². The van der Waals surface area contributed by atoms with E-state index in [1.54, 1.807) is 30.5 Å². The number of aromatic nitrogens is 2. The molecule has 152 valence electrons. The van der Waals surface area contributed by atoms with Crippen LogP contribution in [-0.4, -0.2) is 38.9 Å². The average molecular weight is 411 g/mol. The molecule has 1 unspecified atom stereocenters. The Labute approximate surface area is 175 Å². The van der Waals surface area contributed by atoms with E-state index in [9.17, 15) is 9.90 Å². The third-order valence-corrected chi connectivity index (χ3v) is 5.90. The maximum absolute atomic E-state index is 11.7. The first-order valence-corrected chi connectivity index (χ1v) is 10.6. The second kappa shape index (κ2) is 9.76. The number of imidazole rings is 1. The third-order valence-electron chi connectivity index (χ3n) is 4.79. The second-order valence-electron chi connectivity index (χ2n) is 6.88. The number of ketones is 1. The molecule has 3 rings (SSSR count). The van der Waals surface area contributed by atoms with Gasteiger partial charge in [-0.3, -0.25) is 9.36 Å². The first-order valence-electron chi connectivity index (χ1n) is 9.66. The zero-order chi connectivity index (χ0) is 20.8. The SMILES string of the molecule is CCC(=O)c1ccc(OCC(O)CSc2nccn2-c2cccc(C)c2C)cc1. The predicted octanol–water partition coefficient (Wildman–Crippen LogP) is 4.61. The summed E-state index contributed by atoms with van der Waals surface area (Å²) in [5.74, 6) is 1.21. The lowest BCUT2D eigenvalue weighted by molar-refractivity contribution is 0.0987. The number of hydrogen-bond donors (Lipinski definition) is 1. The molecule has 0 saturated carbocycles. The van der Waals surface area contributed by atoms with E-state index < -0.39 is 6.10 Å². The van der Waals surface area contributed by atoms with E-state index in [0.29, 0.717) is 23.5 Å². The van der Waals surface area contributed by atoms with Gasteiger partial charge in [0.25, 0.3) is 0 Å². The molecule has 0 aliphatic carbocycles. The van der Waals surface area contributed by atoms with Gasteiger partial charge >= 0.3 is 0 Å². The molecule has 6 heteroatoms. The van der Waals surface area contributed by atoms with Crippen molar-refractivity contribution in [2.24, 2.45) is 0 Å². The number of Topliss-reactive ketones (excluding diaryl/α,β-unsaturated/α-hetero) is 1. The lowest BCUT2D eigenvalue weighted by Gasteiger charge is -2.14. The summed E-state index contributed by atoms with van der Waals surface area (Å²) in [6, 6.07) is 13.2. The van der Waals surface area contributed by atoms with Gasteiger partial charge in [0, 0.05) is 30.1 Å². The van der Waals surface area contributed by atoms with Crippen molar-refractivity contribution in [2.45, 2.75) is 38.5 Å². The maximum Gasteiger partial charge on any atom is 0.172 e. The van der Waals surface area contributed by atoms with E-state index in [1.807, 2.05) is 23.8 Å². The summed E-state index contributed by atoms with van der Waals surface area (Å²) in [7, 11) is 0. The number of carbonyl (C=O) groups is 1. The van der Waals surface area contributed by atoms with Gasteiger partial charge in [0.2, 0.25) is 0 Å². The highest BCUT2D eigenvalue weighted by Crippen LogP contribution is 2.25. The summed E-state index contributed by atoms with van der Waals surface area (Å²) in [6.07, 6.45) is 3.55. The number of ether oxygens (including phenoxy) is 1. The summed E-state index contributed by atoms with van der Waals surface area (Å²) >= 11 is 1.49. The third kappa shape index (κ3) is 5.28. The molecular weight excluding hydrogens is 384 g/mol. The average Bonchev–Trinajstić information content (AvgIpc) is 3.21. The van der Waals surface area contributed by atoms with Crippen molar-refractivity contribution in [1.82, 2.24) is 9.55 Å². The molecule has 2 aromatic carbocycles. The van der Waals surface area contributed by atoms with E-state index in [1.165, 1.54) is 22.9 Å². The minimum Gasteiger partial charge on any atom is -0.491 e. The van der Waals surface area contributed by atoms with E-state index in [2.05, 4.69) is 31.0 Å². The van der Waals surface area contributed by atoms with Gasteiger partial charge in [-0.2, -0.15) is 0 Å². The van der Waals surface area contributed by atoms with Gasteiger partial charge < -0.3 is 9.84 Å². The van der Waals surface area contributed by atoms with E-state index in [-0.39, 0.29) is 12.4 Å². The van der Waals surface area contributed by atoms with Gasteiger partial charge in [-0.25, -0.2) is 4.98 Å². The molecule has 29 heavy (non-hydrogen) atoms. The van der Waals surface area contributed by atoms with Gasteiger partial charge in [0.1, 0.15) is 12.4 Å². The van der Waals surface area contributed by atoms with Crippen LogP contribution in [0, 0.1) is 13.8 Å². The Bertz CT molecular complexity index is 967. The van der Waals surface area contributed by atoms with Gasteiger partial charge in [0.05, 0.1) is 11.8 Å². The Kier molecular flexibility index (Phi) is 7.12. The van der Waals surface area contributed by atoms with Gasteiger partial charge in [-0.05, 0) is 55.3 Å². The molecule has 0 bridgehead atoms. The van der Waals surface area contributed by atoms with Crippen molar-refractivity contribution in [1.29, 1.82) is 0 Å². The van der Waals surface area contributed by atoms with E-state index >= 15 is 0 Å². The van der Waals surface area contributed by atoms with E-state index in [4.69, 9.17) is 4.74 Å². The number of benzene rings is 2. The maximum atomic E-state index is 11.7. The summed E-state index contributed by atoms with van der Waals surface area (Å²) in [5, 5.41) is 11.1. The molecule has 0 amide bonds. The number of rotatable bonds is 9. The zero-order valence-electron chi connectivity index (χ0n) is 17.0. The minimum absolute atomic E-state index is 0.104. The Morgan fingerprint density at radius 1 is 1.21 bits per heavy atom. The van der Waals surface area contributed by atoms with Gasteiger partial charge in [-0.15, -0.1) is 0 Å². The zero-order valence-corrected chi connectivity index (χ0v) is 17.8. The summed E-state index contributed by atoms with van der Waals surface area (Å²) in [4.78, 5) is 16.1. The molecule has 0 spiro atoms. The monoisotopic (exact) mass is 410 g/mol. The molecule has 3 aromatic rings. The molecule has 1 aromatic heterocycles. The molecule has 0 aliphatic heterocycles. The Hall–Kier alpha value is -2.57. The van der Waals surface area contributed by atoms with Crippen LogP contribution in [0.1, 0.15) is 34.8 Å². The van der Waals surface area contributed by atoms with Crippen LogP contribution in [0.2, 0.25) is 0 Å². The molecule has 0 radical (unpaired) electrons. The number of carbonyl (C=O) groups excluding carboxylic acids is 1. The summed E-state index contributed by atoms with van der Waals surface area (Å²) < 4.78 is 7.70. The topological polar surface area (TPSA) is 64.3 Å². The molecule has 1 heterocycles. The number of aliphatic hydroxyl groups excluding tert-OH is 1. The molecular formula is C23H26N2O3S. The lowest BCUT2D eigenvalue weighted by Crippen LogP contribution is -2.20. The molecule has 1 atom stereocenters. The molecule has 1 N–H and O–H groups in total. The fourth-order valence-electron chi connectivity index (χ4n) is 2.93. The van der Waals surface area contributed by atoms with Crippen LogP contribution in [-0.2, 0) is 0 Å². The van der Waals surface area contributed by atoms with Crippen LogP contribution in [0.25, 0.3) is 5.69 Å². The van der Waals surface area contributed by atoms with E-state index in [0.717, 1.165) is 10.8 Å². The number of nitrogens with zero attached hydrogens (tertiary/aromatic N) is 2. The Morgan fingerprint density at radius 3 is 2.69 bits per heavy atom. The van der Waals surface area contributed by atoms with Crippen molar-refractivity contribution in [3.8, 4) is 11.4 Å². The normalized spacial score (nSPS) is 12.0. The molecule has 0 saturated heterocycles. The summed E-state index contributed by atoms with van der Waals surface area (Å²) in [5.41, 5.74) is 4.21. The Morgan fingerprint density at radius 2 is 1.97 bits per heavy atom. The molecule has 0 fully saturated rings. The number of hydrogen-bond acceptors (Lipinski definition) is 5. The number of thioether (sulfide) groups is 1. The minimum atomic E-state index is -0.638. The largest absolute Gasteiger partial charge is 0.491 e. The van der Waals surface area contributed by atoms with Crippen LogP contribution in [0.5, 0.6) is 5.75 Å². The fraction of sp³-hybridized carbons (Fsp3) is 0.304. The van der Waals surface area contributed by atoms with Crippen molar-refractivity contribution < 1.29 is 14.6 Å². The first kappa shape index (κ1) is 21.1. The van der Waals surface area contributed by atoms with Crippen LogP contribution >= 0.6 is 11.8 Å². The first-order chi connectivity index (χ1) is 14.0. The van der Waals surface area contributed by atoms with Crippen molar-refractivity contribution in [3.05, 3.63) is 71.5 Å². The lowest BCUT2D eigenvalue weighted by atomic mass is 10.1. The second-order valence-corrected chi connectivity index (χ2v) is 7.86. The molecule has 5 nitrogen and oxygen atoms in total. The van der Waals surface area contributed by atoms with Crippen LogP contribution < -0.4 is 4.74 Å². The van der Waals surface area contributed by atoms with Crippen molar-refractivity contribution in [2.75, 3.05) is 12.4 Å². The van der Waals surface area contributed by atoms with Crippen molar-refractivity contribution in [3.63, 3.8) is 0 Å². The van der Waals surface area contributed by atoms with Crippen LogP contribution in [0.4, 0.5) is 0 Å². The smallest absolute Gasteiger partial charge is 0.172 e. The number of aryl methyl sites for hydroxylation is 1.